The SMILES string of the molecule is COc1ccc(-c2c(-c3ccccc3)oc3ncnc(N[C@H]4CCC[C@H](OCC(=O)OC(C)(C)C)C4)c23)cc1. The summed E-state index contributed by atoms with van der Waals surface area (Å²) in [6, 6.07) is 18.1. The van der Waals surface area contributed by atoms with E-state index in [1.807, 2.05) is 75.4 Å². The molecule has 0 unspecified atom stereocenters. The smallest absolute Gasteiger partial charge is 0.332 e. The van der Waals surface area contributed by atoms with Crippen molar-refractivity contribution in [1.82, 2.24) is 9.97 Å². The number of ether oxygens (including phenoxy) is 3. The Morgan fingerprint density at radius 2 is 1.79 bits per heavy atom. The standard InChI is InChI=1S/C31H35N3O5/c1-31(2,3)39-25(35)18-37-24-12-8-11-22(17-24)34-29-27-26(20-13-15-23(36-4)16-14-20)28(21-9-6-5-7-10-21)38-30(27)33-19-32-29/h5-7,9-10,13-16,19,22,24H,8,11-12,17-18H2,1-4H3,(H,32,33,34)/t22-,24-/m0/s1. The molecule has 4 aromatic rings. The Balaban J connectivity index is 1.43. The van der Waals surface area contributed by atoms with Gasteiger partial charge in [0.1, 0.15) is 35.9 Å². The maximum Gasteiger partial charge on any atom is 0.332 e. The minimum absolute atomic E-state index is 0.0358. The van der Waals surface area contributed by atoms with Gasteiger partial charge in [-0.3, -0.25) is 0 Å². The number of nitrogens with zero attached hydrogens (tertiary/aromatic N) is 2. The molecule has 0 bridgehead atoms. The Labute approximate surface area is 228 Å². The fourth-order valence-corrected chi connectivity index (χ4v) is 5.05. The highest BCUT2D eigenvalue weighted by Crippen LogP contribution is 2.43. The second kappa shape index (κ2) is 11.5. The molecule has 5 rings (SSSR count). The van der Waals surface area contributed by atoms with Crippen LogP contribution in [0, 0.1) is 0 Å². The van der Waals surface area contributed by atoms with E-state index in [4.69, 9.17) is 18.6 Å². The minimum atomic E-state index is -0.528. The number of hydrogen-bond donors (Lipinski definition) is 1. The molecule has 0 spiro atoms. The molecule has 1 fully saturated rings. The van der Waals surface area contributed by atoms with Gasteiger partial charge in [0.25, 0.3) is 0 Å². The summed E-state index contributed by atoms with van der Waals surface area (Å²) in [5.74, 6) is 1.89. The third-order valence-electron chi connectivity index (χ3n) is 6.73. The Morgan fingerprint density at radius 1 is 1.03 bits per heavy atom. The lowest BCUT2D eigenvalue weighted by atomic mass is 9.92. The topological polar surface area (TPSA) is 95.7 Å². The van der Waals surface area contributed by atoms with Crippen LogP contribution in [0.1, 0.15) is 46.5 Å². The summed E-state index contributed by atoms with van der Waals surface area (Å²) in [5, 5.41) is 4.48. The number of esters is 1. The van der Waals surface area contributed by atoms with Gasteiger partial charge in [0.05, 0.1) is 18.6 Å². The highest BCUT2D eigenvalue weighted by atomic mass is 16.6. The number of methoxy groups -OCH3 is 1. The van der Waals surface area contributed by atoms with Crippen LogP contribution in [0.3, 0.4) is 0 Å². The quantitative estimate of drug-likeness (QED) is 0.254. The third-order valence-corrected chi connectivity index (χ3v) is 6.73. The first-order valence-corrected chi connectivity index (χ1v) is 13.4. The first-order chi connectivity index (χ1) is 18.8. The second-order valence-electron chi connectivity index (χ2n) is 10.8. The first-order valence-electron chi connectivity index (χ1n) is 13.4. The minimum Gasteiger partial charge on any atom is -0.497 e. The van der Waals surface area contributed by atoms with Gasteiger partial charge in [-0.25, -0.2) is 14.8 Å². The van der Waals surface area contributed by atoms with Crippen molar-refractivity contribution in [3.8, 4) is 28.2 Å². The van der Waals surface area contributed by atoms with Crippen molar-refractivity contribution in [2.75, 3.05) is 19.0 Å². The summed E-state index contributed by atoms with van der Waals surface area (Å²) in [5.41, 5.74) is 2.86. The monoisotopic (exact) mass is 529 g/mol. The van der Waals surface area contributed by atoms with Gasteiger partial charge in [0.2, 0.25) is 5.71 Å². The van der Waals surface area contributed by atoms with Gasteiger partial charge in [0, 0.05) is 17.2 Å². The molecule has 2 heterocycles. The van der Waals surface area contributed by atoms with E-state index in [0.29, 0.717) is 5.71 Å². The summed E-state index contributed by atoms with van der Waals surface area (Å²) in [6.45, 7) is 5.52. The number of fused-ring (bicyclic) bond motifs is 1. The number of benzene rings is 2. The number of rotatable bonds is 8. The van der Waals surface area contributed by atoms with Crippen LogP contribution in [0.4, 0.5) is 5.82 Å². The fraction of sp³-hybridized carbons (Fsp3) is 0.387. The molecular weight excluding hydrogens is 494 g/mol. The van der Waals surface area contributed by atoms with Crippen LogP contribution in [0.25, 0.3) is 33.6 Å². The van der Waals surface area contributed by atoms with Crippen LogP contribution in [0.2, 0.25) is 0 Å². The summed E-state index contributed by atoms with van der Waals surface area (Å²) >= 11 is 0. The van der Waals surface area contributed by atoms with Crippen molar-refractivity contribution < 1.29 is 23.4 Å². The van der Waals surface area contributed by atoms with Crippen molar-refractivity contribution in [3.63, 3.8) is 0 Å². The van der Waals surface area contributed by atoms with Crippen molar-refractivity contribution >= 4 is 22.9 Å². The van der Waals surface area contributed by atoms with Gasteiger partial charge in [-0.05, 0) is 64.2 Å². The molecule has 2 aromatic carbocycles. The summed E-state index contributed by atoms with van der Waals surface area (Å²) < 4.78 is 23.1. The second-order valence-corrected chi connectivity index (χ2v) is 10.8. The van der Waals surface area contributed by atoms with Crippen LogP contribution in [-0.4, -0.2) is 47.4 Å². The zero-order chi connectivity index (χ0) is 27.4. The Kier molecular flexibility index (Phi) is 7.84. The van der Waals surface area contributed by atoms with Gasteiger partial charge in [-0.1, -0.05) is 42.5 Å². The molecule has 1 aliphatic carbocycles. The normalized spacial score (nSPS) is 17.6. The molecule has 204 valence electrons. The van der Waals surface area contributed by atoms with Crippen molar-refractivity contribution in [3.05, 3.63) is 60.9 Å². The lowest BCUT2D eigenvalue weighted by Crippen LogP contribution is -2.34. The Hall–Kier alpha value is -3.91. The van der Waals surface area contributed by atoms with Crippen molar-refractivity contribution in [1.29, 1.82) is 0 Å². The lowest BCUT2D eigenvalue weighted by Gasteiger charge is -2.30. The van der Waals surface area contributed by atoms with Crippen molar-refractivity contribution in [2.45, 2.75) is 64.2 Å². The number of nitrogens with one attached hydrogen (secondary N) is 1. The fourth-order valence-electron chi connectivity index (χ4n) is 5.05. The maximum atomic E-state index is 12.2. The van der Waals surface area contributed by atoms with Crippen LogP contribution in [0.15, 0.2) is 65.3 Å². The molecule has 1 saturated carbocycles. The molecule has 8 nitrogen and oxygen atoms in total. The van der Waals surface area contributed by atoms with Crippen LogP contribution < -0.4 is 10.1 Å². The van der Waals surface area contributed by atoms with E-state index in [2.05, 4.69) is 15.3 Å². The van der Waals surface area contributed by atoms with E-state index in [-0.39, 0.29) is 24.7 Å². The first kappa shape index (κ1) is 26.7. The largest absolute Gasteiger partial charge is 0.497 e. The molecule has 0 aliphatic heterocycles. The van der Waals surface area contributed by atoms with E-state index in [1.165, 1.54) is 6.33 Å². The highest BCUT2D eigenvalue weighted by molar-refractivity contribution is 6.05. The predicted octanol–water partition coefficient (Wildman–Crippen LogP) is 6.65. The van der Waals surface area contributed by atoms with Crippen molar-refractivity contribution in [2.24, 2.45) is 0 Å². The Bertz CT molecular complexity index is 1410. The average Bonchev–Trinajstić information content (AvgIpc) is 3.32. The number of hydrogen-bond acceptors (Lipinski definition) is 8. The molecule has 0 saturated heterocycles. The molecule has 0 amide bonds. The molecule has 39 heavy (non-hydrogen) atoms. The molecular formula is C31H35N3O5. The van der Waals surface area contributed by atoms with E-state index in [1.54, 1.807) is 7.11 Å². The van der Waals surface area contributed by atoms with Gasteiger partial charge < -0.3 is 23.9 Å². The molecule has 1 aliphatic rings. The third kappa shape index (κ3) is 6.40. The zero-order valence-corrected chi connectivity index (χ0v) is 22.9. The number of anilines is 1. The number of aromatic nitrogens is 2. The molecule has 2 aromatic heterocycles. The van der Waals surface area contributed by atoms with E-state index in [9.17, 15) is 4.79 Å². The van der Waals surface area contributed by atoms with Crippen LogP contribution in [-0.2, 0) is 14.3 Å². The van der Waals surface area contributed by atoms with Gasteiger partial charge in [-0.15, -0.1) is 0 Å². The molecule has 2 atom stereocenters. The van der Waals surface area contributed by atoms with E-state index >= 15 is 0 Å². The molecule has 1 N–H and O–H groups in total. The number of carbonyl (C=O) groups excluding carboxylic acids is 1. The molecule has 8 heteroatoms. The number of furan rings is 1. The lowest BCUT2D eigenvalue weighted by molar-refractivity contribution is -0.162. The van der Waals surface area contributed by atoms with Crippen LogP contribution >= 0.6 is 0 Å². The summed E-state index contributed by atoms with van der Waals surface area (Å²) in [4.78, 5) is 21.3. The highest BCUT2D eigenvalue weighted by Gasteiger charge is 2.27. The van der Waals surface area contributed by atoms with E-state index < -0.39 is 5.60 Å². The Morgan fingerprint density at radius 3 is 2.51 bits per heavy atom. The predicted molar refractivity (Wildman–Crippen MR) is 151 cm³/mol. The summed E-state index contributed by atoms with van der Waals surface area (Å²) in [6.07, 6.45) is 5.11. The number of carbonyl (C=O) groups is 1. The summed E-state index contributed by atoms with van der Waals surface area (Å²) in [7, 11) is 1.65. The zero-order valence-electron chi connectivity index (χ0n) is 22.9. The van der Waals surface area contributed by atoms with Gasteiger partial charge in [0.15, 0.2) is 0 Å². The average molecular weight is 530 g/mol. The van der Waals surface area contributed by atoms with E-state index in [0.717, 1.165) is 65.1 Å². The van der Waals surface area contributed by atoms with Crippen LogP contribution in [0.5, 0.6) is 5.75 Å². The molecule has 0 radical (unpaired) electrons. The van der Waals surface area contributed by atoms with Gasteiger partial charge in [-0.2, -0.15) is 0 Å². The maximum absolute atomic E-state index is 12.2. The van der Waals surface area contributed by atoms with Gasteiger partial charge >= 0.3 is 5.97 Å².